The second kappa shape index (κ2) is 3.17. The minimum absolute atomic E-state index is 0.176. The number of carbonyl (C=O) groups excluding carboxylic acids is 1. The number of rotatable bonds is 2. The van der Waals surface area contributed by atoms with Crippen molar-refractivity contribution >= 4 is 5.91 Å². The Bertz CT molecular complexity index is 163. The smallest absolute Gasteiger partial charge is 0.255 e. The number of hydrogen-bond acceptors (Lipinski definition) is 2. The zero-order valence-electron chi connectivity index (χ0n) is 6.38. The van der Waals surface area contributed by atoms with Gasteiger partial charge in [-0.15, -0.1) is 0 Å². The van der Waals surface area contributed by atoms with Crippen LogP contribution in [-0.2, 0) is 4.79 Å². The van der Waals surface area contributed by atoms with E-state index >= 15 is 0 Å². The zero-order valence-corrected chi connectivity index (χ0v) is 6.38. The van der Waals surface area contributed by atoms with Crippen molar-refractivity contribution in [1.29, 1.82) is 0 Å². The van der Waals surface area contributed by atoms with Gasteiger partial charge >= 0.3 is 0 Å². The molecule has 1 saturated heterocycles. The van der Waals surface area contributed by atoms with E-state index in [1.807, 2.05) is 0 Å². The molecular formula is C7H12FNO2. The van der Waals surface area contributed by atoms with Crippen LogP contribution in [0, 0.1) is 5.92 Å². The number of aliphatic hydroxyl groups excluding tert-OH is 1. The van der Waals surface area contributed by atoms with Crippen LogP contribution in [0.15, 0.2) is 0 Å². The fourth-order valence-corrected chi connectivity index (χ4v) is 1.44. The third-order valence-electron chi connectivity index (χ3n) is 2.14. The molecule has 0 aromatic carbocycles. The average Bonchev–Trinajstić information content (AvgIpc) is 2.28. The number of alkyl halides is 1. The van der Waals surface area contributed by atoms with Gasteiger partial charge in [-0.05, 0) is 6.42 Å². The molecule has 0 aromatic rings. The second-order valence-corrected chi connectivity index (χ2v) is 2.77. The molecule has 11 heavy (non-hydrogen) atoms. The topological polar surface area (TPSA) is 49.3 Å². The fourth-order valence-electron chi connectivity index (χ4n) is 1.44. The normalized spacial score (nSPS) is 37.4. The molecule has 0 spiro atoms. The van der Waals surface area contributed by atoms with E-state index in [0.29, 0.717) is 6.42 Å². The number of hydrogen-bond donors (Lipinski definition) is 2. The Morgan fingerprint density at radius 3 is 2.73 bits per heavy atom. The predicted molar refractivity (Wildman–Crippen MR) is 37.7 cm³/mol. The van der Waals surface area contributed by atoms with Gasteiger partial charge in [-0.1, -0.05) is 6.92 Å². The highest BCUT2D eigenvalue weighted by atomic mass is 19.1. The Kier molecular flexibility index (Phi) is 2.44. The minimum Gasteiger partial charge on any atom is -0.394 e. The molecule has 1 aliphatic rings. The molecular weight excluding hydrogens is 149 g/mol. The first-order chi connectivity index (χ1) is 5.20. The maximum absolute atomic E-state index is 12.9. The van der Waals surface area contributed by atoms with Gasteiger partial charge in [0.05, 0.1) is 12.6 Å². The third kappa shape index (κ3) is 1.35. The Balaban J connectivity index is 2.64. The van der Waals surface area contributed by atoms with Crippen molar-refractivity contribution in [3.63, 3.8) is 0 Å². The van der Waals surface area contributed by atoms with Crippen LogP contribution in [0.2, 0.25) is 0 Å². The molecule has 0 saturated carbocycles. The van der Waals surface area contributed by atoms with Gasteiger partial charge in [0.2, 0.25) is 0 Å². The van der Waals surface area contributed by atoms with Gasteiger partial charge < -0.3 is 10.4 Å². The van der Waals surface area contributed by atoms with Crippen LogP contribution in [-0.4, -0.2) is 29.8 Å². The molecule has 3 nitrogen and oxygen atoms in total. The van der Waals surface area contributed by atoms with Crippen molar-refractivity contribution < 1.29 is 14.3 Å². The van der Waals surface area contributed by atoms with Crippen LogP contribution in [0.5, 0.6) is 0 Å². The van der Waals surface area contributed by atoms with Gasteiger partial charge in [0.1, 0.15) is 0 Å². The number of carbonyl (C=O) groups is 1. The predicted octanol–water partition coefficient (Wildman–Crippen LogP) is -0.159. The van der Waals surface area contributed by atoms with Gasteiger partial charge in [0, 0.05) is 5.92 Å². The summed E-state index contributed by atoms with van der Waals surface area (Å²) in [7, 11) is 0. The molecule has 1 rings (SSSR count). The number of nitrogens with one attached hydrogen (secondary N) is 1. The van der Waals surface area contributed by atoms with Crippen LogP contribution in [0.25, 0.3) is 0 Å². The molecule has 1 aliphatic heterocycles. The first kappa shape index (κ1) is 8.46. The minimum atomic E-state index is -1.43. The molecule has 1 amide bonds. The summed E-state index contributed by atoms with van der Waals surface area (Å²) in [5.74, 6) is -0.941. The van der Waals surface area contributed by atoms with E-state index in [9.17, 15) is 9.18 Å². The van der Waals surface area contributed by atoms with Crippen molar-refractivity contribution in [1.82, 2.24) is 5.32 Å². The van der Waals surface area contributed by atoms with Gasteiger partial charge in [-0.3, -0.25) is 4.79 Å². The highest BCUT2D eigenvalue weighted by Crippen LogP contribution is 2.22. The van der Waals surface area contributed by atoms with Crippen LogP contribution in [0.3, 0.4) is 0 Å². The van der Waals surface area contributed by atoms with E-state index in [-0.39, 0.29) is 18.6 Å². The quantitative estimate of drug-likeness (QED) is 0.591. The molecule has 3 atom stereocenters. The molecule has 0 aromatic heterocycles. The molecule has 0 radical (unpaired) electrons. The van der Waals surface area contributed by atoms with Crippen molar-refractivity contribution in [3.05, 3.63) is 0 Å². The lowest BCUT2D eigenvalue weighted by molar-refractivity contribution is -0.123. The van der Waals surface area contributed by atoms with Crippen molar-refractivity contribution in [2.75, 3.05) is 6.61 Å². The molecule has 64 valence electrons. The lowest BCUT2D eigenvalue weighted by atomic mass is 9.97. The van der Waals surface area contributed by atoms with Gasteiger partial charge in [0.15, 0.2) is 6.17 Å². The summed E-state index contributed by atoms with van der Waals surface area (Å²) in [5, 5.41) is 11.1. The van der Waals surface area contributed by atoms with Crippen molar-refractivity contribution in [2.45, 2.75) is 25.6 Å². The van der Waals surface area contributed by atoms with E-state index < -0.39 is 12.1 Å². The molecule has 1 heterocycles. The Morgan fingerprint density at radius 1 is 1.73 bits per heavy atom. The molecule has 0 unspecified atom stereocenters. The lowest BCUT2D eigenvalue weighted by Crippen LogP contribution is -2.32. The van der Waals surface area contributed by atoms with Crippen LogP contribution in [0.4, 0.5) is 4.39 Å². The summed E-state index contributed by atoms with van der Waals surface area (Å²) in [6.45, 7) is 1.63. The highest BCUT2D eigenvalue weighted by Gasteiger charge is 2.40. The van der Waals surface area contributed by atoms with E-state index in [2.05, 4.69) is 5.32 Å². The molecule has 2 N–H and O–H groups in total. The largest absolute Gasteiger partial charge is 0.394 e. The Labute approximate surface area is 64.6 Å². The Hall–Kier alpha value is -0.640. The summed E-state index contributed by atoms with van der Waals surface area (Å²) >= 11 is 0. The maximum atomic E-state index is 12.9. The second-order valence-electron chi connectivity index (χ2n) is 2.77. The van der Waals surface area contributed by atoms with Crippen molar-refractivity contribution in [3.8, 4) is 0 Å². The summed E-state index contributed by atoms with van der Waals surface area (Å²) in [6.07, 6.45) is -0.859. The van der Waals surface area contributed by atoms with E-state index in [1.165, 1.54) is 0 Å². The summed E-state index contributed by atoms with van der Waals surface area (Å²) in [6, 6.07) is -0.387. The SMILES string of the molecule is CC[C@@H]1[C@H](CO)NC(=O)[C@@H]1F. The Morgan fingerprint density at radius 2 is 2.36 bits per heavy atom. The third-order valence-corrected chi connectivity index (χ3v) is 2.14. The number of halogens is 1. The fraction of sp³-hybridized carbons (Fsp3) is 0.857. The summed E-state index contributed by atoms with van der Waals surface area (Å²) in [5.41, 5.74) is 0. The van der Waals surface area contributed by atoms with Gasteiger partial charge in [-0.25, -0.2) is 4.39 Å². The highest BCUT2D eigenvalue weighted by molar-refractivity contribution is 5.83. The van der Waals surface area contributed by atoms with E-state index in [0.717, 1.165) is 0 Å². The maximum Gasteiger partial charge on any atom is 0.255 e. The average molecular weight is 161 g/mol. The standard InChI is InChI=1S/C7H12FNO2/c1-2-4-5(3-10)9-7(11)6(4)8/h4-6,10H,2-3H2,1H3,(H,9,11)/t4-,5+,6-/m1/s1. The lowest BCUT2D eigenvalue weighted by Gasteiger charge is -2.14. The van der Waals surface area contributed by atoms with Crippen LogP contribution in [0.1, 0.15) is 13.3 Å². The van der Waals surface area contributed by atoms with Crippen LogP contribution < -0.4 is 5.32 Å². The first-order valence-corrected chi connectivity index (χ1v) is 3.76. The monoisotopic (exact) mass is 161 g/mol. The van der Waals surface area contributed by atoms with E-state index in [4.69, 9.17) is 5.11 Å². The molecule has 0 aliphatic carbocycles. The zero-order chi connectivity index (χ0) is 8.43. The van der Waals surface area contributed by atoms with Crippen molar-refractivity contribution in [2.24, 2.45) is 5.92 Å². The number of amides is 1. The number of aliphatic hydroxyl groups is 1. The van der Waals surface area contributed by atoms with Gasteiger partial charge in [-0.2, -0.15) is 0 Å². The molecule has 4 heteroatoms. The van der Waals surface area contributed by atoms with Gasteiger partial charge in [0.25, 0.3) is 5.91 Å². The summed E-state index contributed by atoms with van der Waals surface area (Å²) < 4.78 is 12.9. The van der Waals surface area contributed by atoms with E-state index in [1.54, 1.807) is 6.92 Å². The molecule has 1 fully saturated rings. The summed E-state index contributed by atoms with van der Waals surface area (Å²) in [4.78, 5) is 10.7. The first-order valence-electron chi connectivity index (χ1n) is 3.76. The van der Waals surface area contributed by atoms with Crippen LogP contribution >= 0.6 is 0 Å². The molecule has 0 bridgehead atoms.